The van der Waals surface area contributed by atoms with Crippen LogP contribution in [0, 0.1) is 11.8 Å². The van der Waals surface area contributed by atoms with Crippen molar-refractivity contribution < 1.29 is 9.53 Å². The fourth-order valence-corrected chi connectivity index (χ4v) is 0.979. The van der Waals surface area contributed by atoms with E-state index in [-0.39, 0.29) is 17.8 Å². The summed E-state index contributed by atoms with van der Waals surface area (Å²) in [5, 5.41) is 0. The SMILES string of the molecule is C=C(N)C(C(=O)OC)C(C)C. The number of ether oxygens (including phenoxy) is 1. The highest BCUT2D eigenvalue weighted by Crippen LogP contribution is 2.16. The Labute approximate surface area is 67.2 Å². The van der Waals surface area contributed by atoms with Gasteiger partial charge in [0.15, 0.2) is 0 Å². The monoisotopic (exact) mass is 157 g/mol. The van der Waals surface area contributed by atoms with E-state index in [2.05, 4.69) is 11.3 Å². The average molecular weight is 157 g/mol. The average Bonchev–Trinajstić information content (AvgIpc) is 1.85. The van der Waals surface area contributed by atoms with E-state index in [4.69, 9.17) is 5.73 Å². The van der Waals surface area contributed by atoms with E-state index in [1.54, 1.807) is 0 Å². The van der Waals surface area contributed by atoms with Gasteiger partial charge in [-0.25, -0.2) is 0 Å². The molecule has 0 aliphatic heterocycles. The highest BCUT2D eigenvalue weighted by atomic mass is 16.5. The molecule has 0 spiro atoms. The number of carbonyl (C=O) groups excluding carboxylic acids is 1. The van der Waals surface area contributed by atoms with Crippen LogP contribution in [0.1, 0.15) is 13.8 Å². The Balaban J connectivity index is 4.34. The van der Waals surface area contributed by atoms with Gasteiger partial charge in [-0.05, 0) is 5.92 Å². The summed E-state index contributed by atoms with van der Waals surface area (Å²) >= 11 is 0. The molecule has 0 fully saturated rings. The van der Waals surface area contributed by atoms with Crippen molar-refractivity contribution in [2.24, 2.45) is 17.6 Å². The van der Waals surface area contributed by atoms with Gasteiger partial charge in [0.1, 0.15) is 0 Å². The summed E-state index contributed by atoms with van der Waals surface area (Å²) in [6.07, 6.45) is 0. The zero-order chi connectivity index (χ0) is 9.02. The minimum atomic E-state index is -0.375. The van der Waals surface area contributed by atoms with Crippen LogP contribution >= 0.6 is 0 Å². The molecule has 0 aromatic heterocycles. The summed E-state index contributed by atoms with van der Waals surface area (Å²) in [4.78, 5) is 11.0. The molecule has 1 atom stereocenters. The quantitative estimate of drug-likeness (QED) is 0.619. The number of rotatable bonds is 3. The number of carbonyl (C=O) groups is 1. The lowest BCUT2D eigenvalue weighted by Gasteiger charge is -2.17. The van der Waals surface area contributed by atoms with Crippen molar-refractivity contribution in [3.8, 4) is 0 Å². The first-order valence-electron chi connectivity index (χ1n) is 3.52. The van der Waals surface area contributed by atoms with Crippen LogP contribution < -0.4 is 5.73 Å². The van der Waals surface area contributed by atoms with Crippen LogP contribution in [0.5, 0.6) is 0 Å². The van der Waals surface area contributed by atoms with Crippen molar-refractivity contribution in [2.75, 3.05) is 7.11 Å². The summed E-state index contributed by atoms with van der Waals surface area (Å²) in [5.74, 6) is -0.549. The maximum absolute atomic E-state index is 11.0. The van der Waals surface area contributed by atoms with Gasteiger partial charge >= 0.3 is 5.97 Å². The number of hydrogen-bond donors (Lipinski definition) is 1. The third-order valence-electron chi connectivity index (χ3n) is 1.52. The maximum atomic E-state index is 11.0. The van der Waals surface area contributed by atoms with Crippen molar-refractivity contribution in [2.45, 2.75) is 13.8 Å². The van der Waals surface area contributed by atoms with Crippen molar-refractivity contribution in [1.29, 1.82) is 0 Å². The van der Waals surface area contributed by atoms with Crippen LogP contribution in [0.4, 0.5) is 0 Å². The molecule has 3 nitrogen and oxygen atoms in total. The summed E-state index contributed by atoms with van der Waals surface area (Å²) in [7, 11) is 1.35. The van der Waals surface area contributed by atoms with E-state index in [1.165, 1.54) is 7.11 Å². The Kier molecular flexibility index (Phi) is 3.65. The van der Waals surface area contributed by atoms with Crippen LogP contribution in [-0.4, -0.2) is 13.1 Å². The Morgan fingerprint density at radius 3 is 2.09 bits per heavy atom. The largest absolute Gasteiger partial charge is 0.468 e. The van der Waals surface area contributed by atoms with E-state index < -0.39 is 0 Å². The molecule has 11 heavy (non-hydrogen) atoms. The number of esters is 1. The lowest BCUT2D eigenvalue weighted by atomic mass is 9.94. The fraction of sp³-hybridized carbons (Fsp3) is 0.625. The highest BCUT2D eigenvalue weighted by Gasteiger charge is 2.23. The second-order valence-corrected chi connectivity index (χ2v) is 2.82. The number of nitrogens with two attached hydrogens (primary N) is 1. The van der Waals surface area contributed by atoms with Crippen molar-refractivity contribution in [1.82, 2.24) is 0 Å². The molecule has 0 saturated heterocycles. The summed E-state index contributed by atoms with van der Waals surface area (Å²) < 4.78 is 4.56. The molecule has 0 heterocycles. The third kappa shape index (κ3) is 2.62. The summed E-state index contributed by atoms with van der Waals surface area (Å²) in [5.41, 5.74) is 5.79. The second-order valence-electron chi connectivity index (χ2n) is 2.82. The van der Waals surface area contributed by atoms with Gasteiger partial charge in [0.05, 0.1) is 13.0 Å². The minimum Gasteiger partial charge on any atom is -0.468 e. The molecule has 1 unspecified atom stereocenters. The van der Waals surface area contributed by atoms with E-state index in [0.29, 0.717) is 5.70 Å². The molecule has 3 heteroatoms. The van der Waals surface area contributed by atoms with Gasteiger partial charge < -0.3 is 10.5 Å². The van der Waals surface area contributed by atoms with Gasteiger partial charge in [-0.15, -0.1) is 0 Å². The second kappa shape index (κ2) is 4.01. The van der Waals surface area contributed by atoms with E-state index in [0.717, 1.165) is 0 Å². The first-order chi connectivity index (χ1) is 5.00. The lowest BCUT2D eigenvalue weighted by molar-refractivity contribution is -0.145. The topological polar surface area (TPSA) is 52.3 Å². The van der Waals surface area contributed by atoms with Crippen LogP contribution in [0.25, 0.3) is 0 Å². The molecular formula is C8H15NO2. The van der Waals surface area contributed by atoms with Gasteiger partial charge in [0.25, 0.3) is 0 Å². The molecule has 0 rings (SSSR count). The molecule has 0 amide bonds. The predicted molar refractivity (Wildman–Crippen MR) is 43.7 cm³/mol. The van der Waals surface area contributed by atoms with Crippen LogP contribution in [0.2, 0.25) is 0 Å². The van der Waals surface area contributed by atoms with Crippen LogP contribution in [0.15, 0.2) is 12.3 Å². The number of hydrogen-bond acceptors (Lipinski definition) is 3. The third-order valence-corrected chi connectivity index (χ3v) is 1.52. The van der Waals surface area contributed by atoms with E-state index in [1.807, 2.05) is 13.8 Å². The minimum absolute atomic E-state index is 0.139. The fourth-order valence-electron chi connectivity index (χ4n) is 0.979. The first-order valence-corrected chi connectivity index (χ1v) is 3.52. The molecule has 0 aliphatic rings. The van der Waals surface area contributed by atoms with Gasteiger partial charge in [0.2, 0.25) is 0 Å². The van der Waals surface area contributed by atoms with Crippen molar-refractivity contribution >= 4 is 5.97 Å². The Bertz CT molecular complexity index is 163. The van der Waals surface area contributed by atoms with Crippen LogP contribution in [-0.2, 0) is 9.53 Å². The number of methoxy groups -OCH3 is 1. The predicted octanol–water partition coefficient (Wildman–Crippen LogP) is 0.904. The Hall–Kier alpha value is -0.990. The highest BCUT2D eigenvalue weighted by molar-refractivity contribution is 5.75. The molecule has 0 aromatic rings. The Morgan fingerprint density at radius 2 is 2.00 bits per heavy atom. The zero-order valence-electron chi connectivity index (χ0n) is 7.26. The molecule has 0 aliphatic carbocycles. The molecular weight excluding hydrogens is 142 g/mol. The first kappa shape index (κ1) is 10.0. The summed E-state index contributed by atoms with van der Waals surface area (Å²) in [6, 6.07) is 0. The molecule has 0 radical (unpaired) electrons. The van der Waals surface area contributed by atoms with Crippen molar-refractivity contribution in [3.05, 3.63) is 12.3 Å². The van der Waals surface area contributed by atoms with E-state index >= 15 is 0 Å². The normalized spacial score (nSPS) is 12.7. The molecule has 0 saturated carbocycles. The van der Waals surface area contributed by atoms with Gasteiger partial charge in [0, 0.05) is 5.70 Å². The summed E-state index contributed by atoms with van der Waals surface area (Å²) in [6.45, 7) is 7.33. The van der Waals surface area contributed by atoms with Gasteiger partial charge in [-0.1, -0.05) is 20.4 Å². The van der Waals surface area contributed by atoms with Crippen molar-refractivity contribution in [3.63, 3.8) is 0 Å². The Morgan fingerprint density at radius 1 is 1.55 bits per heavy atom. The lowest BCUT2D eigenvalue weighted by Crippen LogP contribution is -2.26. The molecule has 64 valence electrons. The molecule has 0 aromatic carbocycles. The molecule has 2 N–H and O–H groups in total. The molecule has 0 bridgehead atoms. The van der Waals surface area contributed by atoms with Gasteiger partial charge in [-0.3, -0.25) is 4.79 Å². The standard InChI is InChI=1S/C8H15NO2/c1-5(2)7(6(3)9)8(10)11-4/h5,7H,3,9H2,1-2,4H3. The van der Waals surface area contributed by atoms with E-state index in [9.17, 15) is 4.79 Å². The smallest absolute Gasteiger partial charge is 0.314 e. The van der Waals surface area contributed by atoms with Gasteiger partial charge in [-0.2, -0.15) is 0 Å². The maximum Gasteiger partial charge on any atom is 0.314 e. The zero-order valence-corrected chi connectivity index (χ0v) is 7.26. The van der Waals surface area contributed by atoms with Crippen LogP contribution in [0.3, 0.4) is 0 Å².